The second-order valence-electron chi connectivity index (χ2n) is 4.05. The molecule has 5 nitrogen and oxygen atoms in total. The number of carbonyl (C=O) groups is 1. The number of aromatic nitrogens is 2. The molecule has 0 aliphatic carbocycles. The van der Waals surface area contributed by atoms with Crippen LogP contribution >= 0.6 is 0 Å². The summed E-state index contributed by atoms with van der Waals surface area (Å²) in [5.74, 6) is -1.03. The molecular formula is C14H15N3O2. The number of pyridine rings is 2. The highest BCUT2D eigenvalue weighted by atomic mass is 16.4. The zero-order valence-corrected chi connectivity index (χ0v) is 10.6. The van der Waals surface area contributed by atoms with Crippen LogP contribution < -0.4 is 5.32 Å². The molecule has 0 radical (unpaired) electrons. The van der Waals surface area contributed by atoms with Crippen LogP contribution in [0.1, 0.15) is 28.7 Å². The molecule has 98 valence electrons. The molecule has 0 amide bonds. The summed E-state index contributed by atoms with van der Waals surface area (Å²) in [7, 11) is 0. The Labute approximate surface area is 111 Å². The van der Waals surface area contributed by atoms with Crippen LogP contribution in [-0.2, 0) is 13.0 Å². The number of hydrogen-bond acceptors (Lipinski definition) is 4. The van der Waals surface area contributed by atoms with Gasteiger partial charge in [-0.3, -0.25) is 4.98 Å². The minimum Gasteiger partial charge on any atom is -0.477 e. The molecule has 0 aliphatic rings. The number of carboxylic acid groups (broad SMARTS) is 1. The Bertz CT molecular complexity index is 584. The molecule has 0 unspecified atom stereocenters. The third kappa shape index (κ3) is 3.28. The van der Waals surface area contributed by atoms with Crippen LogP contribution in [0.25, 0.3) is 0 Å². The third-order valence-corrected chi connectivity index (χ3v) is 2.80. The van der Waals surface area contributed by atoms with Crippen molar-refractivity contribution in [1.29, 1.82) is 0 Å². The van der Waals surface area contributed by atoms with E-state index in [1.54, 1.807) is 12.3 Å². The Kier molecular flexibility index (Phi) is 4.07. The largest absolute Gasteiger partial charge is 0.477 e. The van der Waals surface area contributed by atoms with E-state index in [1.807, 2.05) is 12.1 Å². The minimum absolute atomic E-state index is 0.0294. The van der Waals surface area contributed by atoms with E-state index in [0.717, 1.165) is 17.8 Å². The van der Waals surface area contributed by atoms with Gasteiger partial charge in [-0.2, -0.15) is 0 Å². The molecule has 5 heteroatoms. The van der Waals surface area contributed by atoms with Crippen molar-refractivity contribution in [3.63, 3.8) is 0 Å². The molecule has 0 bridgehead atoms. The first-order valence-electron chi connectivity index (χ1n) is 6.06. The van der Waals surface area contributed by atoms with Gasteiger partial charge < -0.3 is 10.4 Å². The molecule has 0 aliphatic heterocycles. The lowest BCUT2D eigenvalue weighted by molar-refractivity contribution is 0.0690. The van der Waals surface area contributed by atoms with Gasteiger partial charge in [0.15, 0.2) is 0 Å². The van der Waals surface area contributed by atoms with E-state index in [9.17, 15) is 4.79 Å². The van der Waals surface area contributed by atoms with Crippen molar-refractivity contribution in [1.82, 2.24) is 9.97 Å². The molecule has 19 heavy (non-hydrogen) atoms. The molecule has 0 spiro atoms. The van der Waals surface area contributed by atoms with Crippen LogP contribution in [0.2, 0.25) is 0 Å². The van der Waals surface area contributed by atoms with Gasteiger partial charge in [-0.25, -0.2) is 9.78 Å². The van der Waals surface area contributed by atoms with Crippen molar-refractivity contribution in [3.05, 3.63) is 53.6 Å². The zero-order chi connectivity index (χ0) is 13.7. The highest BCUT2D eigenvalue weighted by Gasteiger charge is 2.06. The second kappa shape index (κ2) is 5.95. The Morgan fingerprint density at radius 2 is 2.16 bits per heavy atom. The maximum absolute atomic E-state index is 10.8. The van der Waals surface area contributed by atoms with E-state index in [4.69, 9.17) is 5.11 Å². The quantitative estimate of drug-likeness (QED) is 0.860. The van der Waals surface area contributed by atoms with Crippen LogP contribution in [0, 0.1) is 0 Å². The zero-order valence-electron chi connectivity index (χ0n) is 10.6. The Morgan fingerprint density at radius 3 is 2.89 bits per heavy atom. The summed E-state index contributed by atoms with van der Waals surface area (Å²) < 4.78 is 0. The fourth-order valence-corrected chi connectivity index (χ4v) is 1.80. The summed E-state index contributed by atoms with van der Waals surface area (Å²) in [6, 6.07) is 7.20. The van der Waals surface area contributed by atoms with Crippen molar-refractivity contribution >= 4 is 11.7 Å². The first-order chi connectivity index (χ1) is 9.20. The van der Waals surface area contributed by atoms with Gasteiger partial charge in [-0.05, 0) is 30.2 Å². The number of anilines is 1. The molecule has 2 N–H and O–H groups in total. The second-order valence-corrected chi connectivity index (χ2v) is 4.05. The van der Waals surface area contributed by atoms with Crippen LogP contribution in [0.4, 0.5) is 5.69 Å². The normalized spacial score (nSPS) is 10.2. The van der Waals surface area contributed by atoms with Crippen LogP contribution in [0.15, 0.2) is 36.7 Å². The molecule has 2 heterocycles. The molecule has 0 aromatic carbocycles. The van der Waals surface area contributed by atoms with Crippen LogP contribution in [0.3, 0.4) is 0 Å². The van der Waals surface area contributed by atoms with Crippen molar-refractivity contribution in [3.8, 4) is 0 Å². The number of aromatic carboxylic acids is 1. The van der Waals surface area contributed by atoms with Gasteiger partial charge in [0.25, 0.3) is 0 Å². The topological polar surface area (TPSA) is 75.1 Å². The summed E-state index contributed by atoms with van der Waals surface area (Å²) in [4.78, 5) is 18.9. The predicted molar refractivity (Wildman–Crippen MR) is 72.1 cm³/mol. The fraction of sp³-hybridized carbons (Fsp3) is 0.214. The molecular weight excluding hydrogens is 242 g/mol. The SMILES string of the molecule is CCc1cccnc1CNc1ccnc(C(=O)O)c1. The third-order valence-electron chi connectivity index (χ3n) is 2.80. The summed E-state index contributed by atoms with van der Waals surface area (Å²) >= 11 is 0. The summed E-state index contributed by atoms with van der Waals surface area (Å²) in [5.41, 5.74) is 2.91. The van der Waals surface area contributed by atoms with Gasteiger partial charge in [-0.15, -0.1) is 0 Å². The fourth-order valence-electron chi connectivity index (χ4n) is 1.80. The van der Waals surface area contributed by atoms with E-state index in [0.29, 0.717) is 6.54 Å². The number of carboxylic acids is 1. The monoisotopic (exact) mass is 257 g/mol. The van der Waals surface area contributed by atoms with Gasteiger partial charge in [0.1, 0.15) is 5.69 Å². The highest BCUT2D eigenvalue weighted by Crippen LogP contribution is 2.12. The molecule has 0 fully saturated rings. The maximum Gasteiger partial charge on any atom is 0.354 e. The number of aryl methyl sites for hydroxylation is 1. The average molecular weight is 257 g/mol. The Balaban J connectivity index is 2.10. The van der Waals surface area contributed by atoms with E-state index < -0.39 is 5.97 Å². The van der Waals surface area contributed by atoms with Gasteiger partial charge in [-0.1, -0.05) is 13.0 Å². The number of hydrogen-bond donors (Lipinski definition) is 2. The van der Waals surface area contributed by atoms with Crippen molar-refractivity contribution in [2.45, 2.75) is 19.9 Å². The maximum atomic E-state index is 10.8. The average Bonchev–Trinajstić information content (AvgIpc) is 2.45. The van der Waals surface area contributed by atoms with Gasteiger partial charge in [0, 0.05) is 18.1 Å². The smallest absolute Gasteiger partial charge is 0.354 e. The summed E-state index contributed by atoms with van der Waals surface area (Å²) in [5, 5.41) is 12.0. The van der Waals surface area contributed by atoms with Gasteiger partial charge >= 0.3 is 5.97 Å². The number of rotatable bonds is 5. The summed E-state index contributed by atoms with van der Waals surface area (Å²) in [6.45, 7) is 2.64. The molecule has 2 aromatic rings. The van der Waals surface area contributed by atoms with Crippen LogP contribution in [-0.4, -0.2) is 21.0 Å². The first kappa shape index (κ1) is 13.0. The molecule has 0 atom stereocenters. The standard InChI is InChI=1S/C14H15N3O2/c1-2-10-4-3-6-15-13(10)9-17-11-5-7-16-12(8-11)14(18)19/h3-8H,2,9H2,1H3,(H,16,17)(H,18,19). The van der Waals surface area contributed by atoms with E-state index in [2.05, 4.69) is 22.2 Å². The Morgan fingerprint density at radius 1 is 1.32 bits per heavy atom. The Hall–Kier alpha value is -2.43. The van der Waals surface area contributed by atoms with Crippen molar-refractivity contribution in [2.75, 3.05) is 5.32 Å². The van der Waals surface area contributed by atoms with E-state index in [1.165, 1.54) is 17.8 Å². The van der Waals surface area contributed by atoms with Gasteiger partial charge in [0.2, 0.25) is 0 Å². The number of nitrogens with zero attached hydrogens (tertiary/aromatic N) is 2. The first-order valence-corrected chi connectivity index (χ1v) is 6.06. The van der Waals surface area contributed by atoms with E-state index >= 15 is 0 Å². The lowest BCUT2D eigenvalue weighted by atomic mass is 10.1. The van der Waals surface area contributed by atoms with E-state index in [-0.39, 0.29) is 5.69 Å². The number of nitrogens with one attached hydrogen (secondary N) is 1. The lowest BCUT2D eigenvalue weighted by Crippen LogP contribution is -2.06. The predicted octanol–water partition coefficient (Wildman–Crippen LogP) is 2.35. The highest BCUT2D eigenvalue weighted by molar-refractivity contribution is 5.86. The molecule has 0 saturated carbocycles. The molecule has 0 saturated heterocycles. The molecule has 2 aromatic heterocycles. The summed E-state index contributed by atoms with van der Waals surface area (Å²) in [6.07, 6.45) is 4.15. The van der Waals surface area contributed by atoms with Crippen LogP contribution in [0.5, 0.6) is 0 Å². The minimum atomic E-state index is -1.03. The van der Waals surface area contributed by atoms with Crippen molar-refractivity contribution in [2.24, 2.45) is 0 Å². The molecule has 2 rings (SSSR count). The van der Waals surface area contributed by atoms with Crippen molar-refractivity contribution < 1.29 is 9.90 Å². The van der Waals surface area contributed by atoms with Gasteiger partial charge in [0.05, 0.1) is 12.2 Å². The lowest BCUT2D eigenvalue weighted by Gasteiger charge is -2.09.